The highest BCUT2D eigenvalue weighted by Gasteiger charge is 2.50. The standard InChI is InChI=1S/C41H44N4O14/c1-19-35(50)23(44-40(55)24-9-6-12-45(24)29(49)17-43-28(48)13-20-7-3-4-11-42-20)14-30(58-19)59-26-16-41(56,27(47)18-46)15-22-32(26)39(54)34-33(37(22)52)36(51)21-8-5-10-25(57-2)31(21)38(34)53/h3-5,7-8,10-11,19,23-24,26,30,35,46,50,52,54,56H,6,9,12-18H2,1-2H3,(H,43,48)(H,44,55)/t19?,23?,24-,26-,30?,35?,41-/m0/s1. The van der Waals surface area contributed by atoms with Crippen LogP contribution in [0.5, 0.6) is 17.2 Å². The Morgan fingerprint density at radius 1 is 1.03 bits per heavy atom. The smallest absolute Gasteiger partial charge is 0.243 e. The van der Waals surface area contributed by atoms with Crippen molar-refractivity contribution in [2.45, 2.75) is 87.7 Å². The van der Waals surface area contributed by atoms with Crippen molar-refractivity contribution in [1.29, 1.82) is 0 Å². The molecule has 3 heterocycles. The van der Waals surface area contributed by atoms with Crippen molar-refractivity contribution in [3.05, 3.63) is 81.7 Å². The largest absolute Gasteiger partial charge is 0.507 e. The van der Waals surface area contributed by atoms with Gasteiger partial charge in [0.2, 0.25) is 23.5 Å². The summed E-state index contributed by atoms with van der Waals surface area (Å²) in [5, 5.41) is 61.3. The Hall–Kier alpha value is -5.79. The molecule has 3 amide bonds. The van der Waals surface area contributed by atoms with Gasteiger partial charge in [0.15, 0.2) is 17.9 Å². The van der Waals surface area contributed by atoms with Gasteiger partial charge in [0.05, 0.1) is 55.0 Å². The third kappa shape index (κ3) is 7.65. The van der Waals surface area contributed by atoms with Crippen molar-refractivity contribution in [2.75, 3.05) is 26.8 Å². The average molecular weight is 817 g/mol. The molecule has 0 spiro atoms. The third-order valence-electron chi connectivity index (χ3n) is 11.5. The van der Waals surface area contributed by atoms with Gasteiger partial charge in [0.1, 0.15) is 41.6 Å². The van der Waals surface area contributed by atoms with Gasteiger partial charge in [-0.05, 0) is 38.0 Å². The van der Waals surface area contributed by atoms with Gasteiger partial charge in [-0.3, -0.25) is 33.8 Å². The number of nitrogens with one attached hydrogen (secondary N) is 2. The molecular formula is C41H44N4O14. The van der Waals surface area contributed by atoms with Gasteiger partial charge in [-0.2, -0.15) is 0 Å². The maximum Gasteiger partial charge on any atom is 0.243 e. The predicted octanol–water partition coefficient (Wildman–Crippen LogP) is -0.0963. The third-order valence-corrected chi connectivity index (χ3v) is 11.5. The first kappa shape index (κ1) is 41.4. The summed E-state index contributed by atoms with van der Waals surface area (Å²) < 4.78 is 17.5. The number of hydrogen-bond donors (Lipinski definition) is 7. The molecule has 4 aliphatic rings. The fourth-order valence-electron chi connectivity index (χ4n) is 8.48. The van der Waals surface area contributed by atoms with Crippen LogP contribution in [0.25, 0.3) is 0 Å². The van der Waals surface area contributed by atoms with Gasteiger partial charge in [-0.25, -0.2) is 0 Å². The van der Waals surface area contributed by atoms with Crippen LogP contribution in [0.2, 0.25) is 0 Å². The summed E-state index contributed by atoms with van der Waals surface area (Å²) in [6, 6.07) is 7.47. The van der Waals surface area contributed by atoms with Gasteiger partial charge >= 0.3 is 0 Å². The Bertz CT molecular complexity index is 2220. The van der Waals surface area contributed by atoms with E-state index in [2.05, 4.69) is 15.6 Å². The van der Waals surface area contributed by atoms with E-state index in [4.69, 9.17) is 14.2 Å². The molecule has 1 aromatic heterocycles. The molecule has 7 rings (SSSR count). The second-order valence-electron chi connectivity index (χ2n) is 15.1. The van der Waals surface area contributed by atoms with Crippen LogP contribution in [0.1, 0.15) is 87.4 Å². The van der Waals surface area contributed by atoms with E-state index in [1.165, 1.54) is 37.1 Å². The number of fused-ring (bicyclic) bond motifs is 3. The van der Waals surface area contributed by atoms with Crippen molar-refractivity contribution < 1.29 is 68.5 Å². The number of nitrogens with zero attached hydrogens (tertiary/aromatic N) is 2. The molecule has 2 fully saturated rings. The highest BCUT2D eigenvalue weighted by atomic mass is 16.7. The summed E-state index contributed by atoms with van der Waals surface area (Å²) in [6.07, 6.45) is -4.23. The van der Waals surface area contributed by atoms with Crippen LogP contribution in [0, 0.1) is 0 Å². The Morgan fingerprint density at radius 3 is 2.51 bits per heavy atom. The number of aromatic hydroxyl groups is 2. The second kappa shape index (κ2) is 16.5. The van der Waals surface area contributed by atoms with E-state index >= 15 is 0 Å². The number of aliphatic hydroxyl groups is 3. The van der Waals surface area contributed by atoms with Crippen LogP contribution >= 0.6 is 0 Å². The maximum absolute atomic E-state index is 14.0. The number of pyridine rings is 1. The number of hydrogen-bond acceptors (Lipinski definition) is 15. The molecule has 0 saturated carbocycles. The molecular weight excluding hydrogens is 772 g/mol. The van der Waals surface area contributed by atoms with Gasteiger partial charge in [-0.15, -0.1) is 0 Å². The van der Waals surface area contributed by atoms with Gasteiger partial charge in [0.25, 0.3) is 0 Å². The fourth-order valence-corrected chi connectivity index (χ4v) is 8.48. The van der Waals surface area contributed by atoms with E-state index in [1.54, 1.807) is 24.4 Å². The van der Waals surface area contributed by atoms with E-state index in [0.717, 1.165) is 0 Å². The van der Waals surface area contributed by atoms with Crippen molar-refractivity contribution in [2.24, 2.45) is 0 Å². The Morgan fingerprint density at radius 2 is 1.80 bits per heavy atom. The lowest BCUT2D eigenvalue weighted by Gasteiger charge is -2.43. The number of rotatable bonds is 11. The first-order valence-corrected chi connectivity index (χ1v) is 19.2. The number of carbonyl (C=O) groups is 6. The molecule has 3 aromatic rings. The van der Waals surface area contributed by atoms with Crippen LogP contribution in [0.15, 0.2) is 42.6 Å². The Kier molecular flexibility index (Phi) is 11.5. The number of methoxy groups -OCH3 is 1. The highest BCUT2D eigenvalue weighted by Crippen LogP contribution is 2.52. The number of phenolic OH excluding ortho intramolecular Hbond substituents is 2. The minimum atomic E-state index is -2.38. The minimum Gasteiger partial charge on any atom is -0.507 e. The zero-order valence-electron chi connectivity index (χ0n) is 32.2. The van der Waals surface area contributed by atoms with E-state index in [0.29, 0.717) is 18.5 Å². The van der Waals surface area contributed by atoms with Gasteiger partial charge in [-0.1, -0.05) is 18.2 Å². The number of ether oxygens (including phenoxy) is 3. The van der Waals surface area contributed by atoms with Crippen LogP contribution in [-0.2, 0) is 41.5 Å². The summed E-state index contributed by atoms with van der Waals surface area (Å²) in [7, 11) is 1.30. The number of amides is 3. The molecule has 59 heavy (non-hydrogen) atoms. The lowest BCUT2D eigenvalue weighted by molar-refractivity contribution is -0.249. The molecule has 0 bridgehead atoms. The van der Waals surface area contributed by atoms with E-state index < -0.39 is 119 Å². The molecule has 2 aromatic carbocycles. The van der Waals surface area contributed by atoms with Crippen molar-refractivity contribution in [3.63, 3.8) is 0 Å². The number of ketones is 3. The lowest BCUT2D eigenvalue weighted by Crippen LogP contribution is -2.58. The second-order valence-corrected chi connectivity index (χ2v) is 15.1. The minimum absolute atomic E-state index is 0.0326. The summed E-state index contributed by atoms with van der Waals surface area (Å²) in [6.45, 7) is 0.320. The zero-order chi connectivity index (χ0) is 42.3. The van der Waals surface area contributed by atoms with Gasteiger partial charge < -0.3 is 55.3 Å². The van der Waals surface area contributed by atoms with Crippen LogP contribution in [-0.4, -0.2) is 133 Å². The number of aliphatic hydroxyl groups excluding tert-OH is 2. The molecule has 7 atom stereocenters. The van der Waals surface area contributed by atoms with Gasteiger partial charge in [0, 0.05) is 54.4 Å². The summed E-state index contributed by atoms with van der Waals surface area (Å²) in [5.41, 5.74) is -3.69. The zero-order valence-corrected chi connectivity index (χ0v) is 32.2. The van der Waals surface area contributed by atoms with Crippen LogP contribution < -0.4 is 15.4 Å². The first-order chi connectivity index (χ1) is 28.2. The topological polar surface area (TPSA) is 271 Å². The van der Waals surface area contributed by atoms with Crippen molar-refractivity contribution >= 4 is 35.1 Å². The number of benzene rings is 2. The quantitative estimate of drug-likeness (QED) is 0.0975. The molecule has 2 aliphatic heterocycles. The first-order valence-electron chi connectivity index (χ1n) is 19.2. The lowest BCUT2D eigenvalue weighted by atomic mass is 9.72. The van der Waals surface area contributed by atoms with Crippen LogP contribution in [0.3, 0.4) is 0 Å². The van der Waals surface area contributed by atoms with Crippen molar-refractivity contribution in [3.8, 4) is 17.2 Å². The number of Topliss-reactive ketones (excluding diaryl/α,β-unsaturated/α-hetero) is 1. The molecule has 2 saturated heterocycles. The normalized spacial score (nSPS) is 26.0. The number of aromatic nitrogens is 1. The number of carbonyl (C=O) groups excluding carboxylic acids is 6. The summed E-state index contributed by atoms with van der Waals surface area (Å²) in [4.78, 5) is 85.6. The molecule has 0 radical (unpaired) electrons. The van der Waals surface area contributed by atoms with Crippen molar-refractivity contribution in [1.82, 2.24) is 20.5 Å². The number of phenols is 2. The fraction of sp³-hybridized carbons (Fsp3) is 0.439. The maximum atomic E-state index is 14.0. The SMILES string of the molecule is COc1cccc2c1C(=O)c1c(O)c3c(c(O)c1C2=O)C[C@@](O)(C(=O)CO)C[C@@H]3OC1CC(NC(=O)[C@@H]2CCCN2C(=O)CNC(=O)Cc2ccccn2)C(O)C(C)O1. The Balaban J connectivity index is 1.11. The number of likely N-dealkylation sites (tertiary alicyclic amines) is 1. The average Bonchev–Trinajstić information content (AvgIpc) is 3.72. The predicted molar refractivity (Wildman–Crippen MR) is 201 cm³/mol. The van der Waals surface area contributed by atoms with E-state index in [1.807, 2.05) is 0 Å². The summed E-state index contributed by atoms with van der Waals surface area (Å²) >= 11 is 0. The monoisotopic (exact) mass is 816 g/mol. The molecule has 7 N–H and O–H groups in total. The van der Waals surface area contributed by atoms with E-state index in [9.17, 15) is 54.3 Å². The Labute approximate surface area is 337 Å². The molecule has 18 heteroatoms. The van der Waals surface area contributed by atoms with Crippen LogP contribution in [0.4, 0.5) is 0 Å². The highest BCUT2D eigenvalue weighted by molar-refractivity contribution is 6.31. The molecule has 2 aliphatic carbocycles. The molecule has 18 nitrogen and oxygen atoms in total. The molecule has 312 valence electrons. The van der Waals surface area contributed by atoms with E-state index in [-0.39, 0.29) is 53.9 Å². The summed E-state index contributed by atoms with van der Waals surface area (Å²) in [5.74, 6) is -5.67. The molecule has 4 unspecified atom stereocenters.